The molecule has 1 N–H and O–H groups in total. The van der Waals surface area contributed by atoms with E-state index in [0.717, 1.165) is 24.0 Å². The molecule has 0 saturated heterocycles. The number of pyridine rings is 1. The van der Waals surface area contributed by atoms with E-state index in [1.807, 2.05) is 25.1 Å². The van der Waals surface area contributed by atoms with Gasteiger partial charge in [-0.15, -0.1) is 0 Å². The minimum Gasteiger partial charge on any atom is -0.345 e. The maximum Gasteiger partial charge on any atom is 0.253 e. The number of hydrogen-bond donors (Lipinski definition) is 1. The van der Waals surface area contributed by atoms with E-state index in [0.29, 0.717) is 17.1 Å². The largest absolute Gasteiger partial charge is 0.345 e. The molecule has 1 aromatic heterocycles. The molecular formula is C25H25ClN2O2. The summed E-state index contributed by atoms with van der Waals surface area (Å²) < 4.78 is 1.51. The highest BCUT2D eigenvalue weighted by atomic mass is 35.5. The number of carbonyl (C=O) groups is 1. The van der Waals surface area contributed by atoms with E-state index < -0.39 is 0 Å². The van der Waals surface area contributed by atoms with Gasteiger partial charge in [-0.1, -0.05) is 48.0 Å². The number of rotatable bonds is 5. The molecule has 3 aromatic rings. The fraction of sp³-hybridized carbons (Fsp3) is 0.280. The van der Waals surface area contributed by atoms with Crippen LogP contribution in [-0.4, -0.2) is 10.5 Å². The summed E-state index contributed by atoms with van der Waals surface area (Å²) in [7, 11) is 0. The Morgan fingerprint density at radius 1 is 1.07 bits per heavy atom. The molecular weight excluding hydrogens is 396 g/mol. The van der Waals surface area contributed by atoms with Crippen LogP contribution in [0.1, 0.15) is 58.4 Å². The predicted octanol–water partition coefficient (Wildman–Crippen LogP) is 4.92. The van der Waals surface area contributed by atoms with E-state index in [2.05, 4.69) is 23.5 Å². The van der Waals surface area contributed by atoms with E-state index in [4.69, 9.17) is 11.6 Å². The van der Waals surface area contributed by atoms with E-state index in [1.165, 1.54) is 34.6 Å². The Labute approximate surface area is 181 Å². The normalized spacial score (nSPS) is 14.1. The van der Waals surface area contributed by atoms with Crippen molar-refractivity contribution in [1.82, 2.24) is 9.88 Å². The van der Waals surface area contributed by atoms with Crippen LogP contribution in [0.2, 0.25) is 5.02 Å². The Kier molecular flexibility index (Phi) is 6.05. The number of hydrogen-bond acceptors (Lipinski definition) is 2. The molecule has 1 amide bonds. The lowest BCUT2D eigenvalue weighted by atomic mass is 9.89. The Balaban J connectivity index is 1.51. The molecule has 0 saturated carbocycles. The zero-order valence-corrected chi connectivity index (χ0v) is 17.8. The van der Waals surface area contributed by atoms with Crippen molar-refractivity contribution >= 4 is 17.5 Å². The zero-order chi connectivity index (χ0) is 21.1. The molecule has 1 unspecified atom stereocenters. The third-order valence-electron chi connectivity index (χ3n) is 5.76. The molecule has 0 bridgehead atoms. The summed E-state index contributed by atoms with van der Waals surface area (Å²) in [6.07, 6.45) is 6.33. The lowest BCUT2D eigenvalue weighted by Crippen LogP contribution is -2.29. The Hall–Kier alpha value is -2.85. The van der Waals surface area contributed by atoms with Crippen LogP contribution in [0.3, 0.4) is 0 Å². The number of fused-ring (bicyclic) bond motifs is 1. The maximum atomic E-state index is 12.8. The molecule has 1 heterocycles. The van der Waals surface area contributed by atoms with Crippen molar-refractivity contribution in [3.8, 4) is 0 Å². The third-order valence-corrected chi connectivity index (χ3v) is 6.13. The van der Waals surface area contributed by atoms with Crippen LogP contribution in [0.15, 0.2) is 65.6 Å². The monoisotopic (exact) mass is 420 g/mol. The Bertz CT molecular complexity index is 1140. The molecule has 1 aliphatic carbocycles. The number of aryl methyl sites for hydroxylation is 2. The Morgan fingerprint density at radius 2 is 1.83 bits per heavy atom. The summed E-state index contributed by atoms with van der Waals surface area (Å²) in [4.78, 5) is 25.1. The van der Waals surface area contributed by atoms with Crippen LogP contribution in [0.5, 0.6) is 0 Å². The van der Waals surface area contributed by atoms with Crippen molar-refractivity contribution in [3.05, 3.63) is 104 Å². The van der Waals surface area contributed by atoms with Crippen LogP contribution in [0.4, 0.5) is 0 Å². The molecule has 4 nitrogen and oxygen atoms in total. The number of aromatic nitrogens is 1. The van der Waals surface area contributed by atoms with Crippen LogP contribution in [0, 0.1) is 0 Å². The van der Waals surface area contributed by atoms with Gasteiger partial charge in [-0.3, -0.25) is 9.59 Å². The molecule has 0 fully saturated rings. The second-order valence-corrected chi connectivity index (χ2v) is 8.31. The lowest BCUT2D eigenvalue weighted by molar-refractivity contribution is 0.0939. The lowest BCUT2D eigenvalue weighted by Gasteiger charge is -2.20. The second kappa shape index (κ2) is 8.88. The van der Waals surface area contributed by atoms with E-state index >= 15 is 0 Å². The summed E-state index contributed by atoms with van der Waals surface area (Å²) >= 11 is 6.22. The molecule has 5 heteroatoms. The number of halogens is 1. The minimum atomic E-state index is -0.201. The fourth-order valence-electron chi connectivity index (χ4n) is 3.99. The fourth-order valence-corrected chi connectivity index (χ4v) is 4.18. The van der Waals surface area contributed by atoms with Crippen molar-refractivity contribution < 1.29 is 4.79 Å². The number of carbonyl (C=O) groups excluding carboxylic acids is 1. The number of nitrogens with zero attached hydrogens (tertiary/aromatic N) is 1. The summed E-state index contributed by atoms with van der Waals surface area (Å²) in [6.45, 7) is 2.31. The van der Waals surface area contributed by atoms with Gasteiger partial charge < -0.3 is 9.88 Å². The van der Waals surface area contributed by atoms with Crippen molar-refractivity contribution in [2.24, 2.45) is 0 Å². The first-order chi connectivity index (χ1) is 14.5. The summed E-state index contributed by atoms with van der Waals surface area (Å²) in [6, 6.07) is 16.8. The van der Waals surface area contributed by atoms with Gasteiger partial charge in [0.2, 0.25) is 0 Å². The van der Waals surface area contributed by atoms with Gasteiger partial charge >= 0.3 is 0 Å². The number of nitrogens with one attached hydrogen (secondary N) is 1. The average Bonchev–Trinajstić information content (AvgIpc) is 2.76. The standard InChI is InChI=1S/C25H25ClN2O2/c1-17(19-11-10-18-6-2-3-7-20(18)14-19)27-25(30)22-12-13-24(29)28(16-22)15-21-8-4-5-9-23(21)26/h4-5,8-14,16-17H,2-3,6-7,15H2,1H3,(H,27,30). The second-order valence-electron chi connectivity index (χ2n) is 7.91. The minimum absolute atomic E-state index is 0.117. The van der Waals surface area contributed by atoms with Gasteiger partial charge in [0.05, 0.1) is 18.2 Å². The first-order valence-electron chi connectivity index (χ1n) is 10.4. The predicted molar refractivity (Wildman–Crippen MR) is 120 cm³/mol. The first kappa shape index (κ1) is 20.4. The van der Waals surface area contributed by atoms with Crippen molar-refractivity contribution in [3.63, 3.8) is 0 Å². The number of benzene rings is 2. The highest BCUT2D eigenvalue weighted by Gasteiger charge is 2.16. The van der Waals surface area contributed by atoms with Crippen molar-refractivity contribution in [1.29, 1.82) is 0 Å². The maximum absolute atomic E-state index is 12.8. The van der Waals surface area contributed by atoms with Gasteiger partial charge in [0.15, 0.2) is 0 Å². The van der Waals surface area contributed by atoms with Crippen LogP contribution >= 0.6 is 11.6 Å². The van der Waals surface area contributed by atoms with Gasteiger partial charge in [-0.2, -0.15) is 0 Å². The molecule has 0 aliphatic heterocycles. The molecule has 4 rings (SSSR count). The highest BCUT2D eigenvalue weighted by molar-refractivity contribution is 6.31. The first-order valence-corrected chi connectivity index (χ1v) is 10.8. The molecule has 0 radical (unpaired) electrons. The number of amides is 1. The van der Waals surface area contributed by atoms with Crippen LogP contribution < -0.4 is 10.9 Å². The van der Waals surface area contributed by atoms with Gasteiger partial charge in [0, 0.05) is 17.3 Å². The highest BCUT2D eigenvalue weighted by Crippen LogP contribution is 2.25. The topological polar surface area (TPSA) is 51.1 Å². The molecule has 1 atom stereocenters. The van der Waals surface area contributed by atoms with E-state index in [9.17, 15) is 9.59 Å². The van der Waals surface area contributed by atoms with Crippen molar-refractivity contribution in [2.45, 2.75) is 45.2 Å². The van der Waals surface area contributed by atoms with Crippen LogP contribution in [-0.2, 0) is 19.4 Å². The average molecular weight is 421 g/mol. The summed E-state index contributed by atoms with van der Waals surface area (Å²) in [5.74, 6) is -0.201. The smallest absolute Gasteiger partial charge is 0.253 e. The third kappa shape index (κ3) is 4.49. The molecule has 2 aromatic carbocycles. The summed E-state index contributed by atoms with van der Waals surface area (Å²) in [5.41, 5.74) is 5.04. The zero-order valence-electron chi connectivity index (χ0n) is 17.0. The van der Waals surface area contributed by atoms with Gasteiger partial charge in [0.1, 0.15) is 0 Å². The molecule has 0 spiro atoms. The van der Waals surface area contributed by atoms with E-state index in [1.54, 1.807) is 18.3 Å². The SMILES string of the molecule is CC(NC(=O)c1ccc(=O)n(Cc2ccccc2Cl)c1)c1ccc2c(c1)CCCC2. The molecule has 1 aliphatic rings. The molecule has 30 heavy (non-hydrogen) atoms. The molecule has 154 valence electrons. The van der Waals surface area contributed by atoms with Crippen LogP contribution in [0.25, 0.3) is 0 Å². The van der Waals surface area contributed by atoms with Gasteiger partial charge in [-0.25, -0.2) is 0 Å². The van der Waals surface area contributed by atoms with Gasteiger partial charge in [-0.05, 0) is 67.0 Å². The van der Waals surface area contributed by atoms with Crippen molar-refractivity contribution in [2.75, 3.05) is 0 Å². The van der Waals surface area contributed by atoms with Gasteiger partial charge in [0.25, 0.3) is 11.5 Å². The van der Waals surface area contributed by atoms with E-state index in [-0.39, 0.29) is 17.5 Å². The quantitative estimate of drug-likeness (QED) is 0.636. The summed E-state index contributed by atoms with van der Waals surface area (Å²) in [5, 5.41) is 3.66. The Morgan fingerprint density at radius 3 is 2.63 bits per heavy atom.